The maximum Gasteiger partial charge on any atom is 0.332 e. The number of anilines is 2. The predicted octanol–water partition coefficient (Wildman–Crippen LogP) is 1.84. The fraction of sp³-hybridized carbons (Fsp3) is 0.385. The van der Waals surface area contributed by atoms with E-state index in [0.717, 1.165) is 6.42 Å². The van der Waals surface area contributed by atoms with Crippen LogP contribution in [-0.4, -0.2) is 29.4 Å². The minimum Gasteiger partial charge on any atom is -0.399 e. The molecule has 2 N–H and O–H groups in total. The molecule has 1 unspecified atom stereocenters. The van der Waals surface area contributed by atoms with Crippen LogP contribution in [0.3, 0.4) is 0 Å². The third kappa shape index (κ3) is 2.03. The molecule has 1 heterocycles. The predicted molar refractivity (Wildman–Crippen MR) is 70.2 cm³/mol. The number of nitrogens with two attached hydrogens (primary N) is 1. The Morgan fingerprint density at radius 1 is 1.39 bits per heavy atom. The molecule has 1 aromatic rings. The number of imide groups is 1. The minimum atomic E-state index is -0.264. The number of nitrogens with zero attached hydrogens (tertiary/aromatic N) is 2. The van der Waals surface area contributed by atoms with E-state index in [0.29, 0.717) is 11.4 Å². The van der Waals surface area contributed by atoms with Crippen molar-refractivity contribution in [3.05, 3.63) is 24.3 Å². The Labute approximate surface area is 106 Å². The van der Waals surface area contributed by atoms with Gasteiger partial charge in [0.2, 0.25) is 0 Å². The number of urea groups is 1. The lowest BCUT2D eigenvalue weighted by atomic mass is 10.2. The standard InChI is InChI=1S/C13H17N3O2/c1-3-9(2)15-8-12(17)16(13(15)18)11-6-4-5-10(14)7-11/h4-7,9H,3,8,14H2,1-2H3. The first-order valence-electron chi connectivity index (χ1n) is 6.03. The Bertz CT molecular complexity index is 487. The van der Waals surface area contributed by atoms with Gasteiger partial charge in [0.05, 0.1) is 5.69 Å². The first kappa shape index (κ1) is 12.4. The first-order chi connectivity index (χ1) is 8.54. The zero-order valence-corrected chi connectivity index (χ0v) is 10.6. The van der Waals surface area contributed by atoms with Gasteiger partial charge in [-0.15, -0.1) is 0 Å². The summed E-state index contributed by atoms with van der Waals surface area (Å²) in [6.45, 7) is 4.07. The number of benzene rings is 1. The molecule has 1 atom stereocenters. The van der Waals surface area contributed by atoms with Crippen LogP contribution < -0.4 is 10.6 Å². The van der Waals surface area contributed by atoms with Crippen LogP contribution in [0.1, 0.15) is 20.3 Å². The van der Waals surface area contributed by atoms with Crippen molar-refractivity contribution < 1.29 is 9.59 Å². The van der Waals surface area contributed by atoms with Crippen LogP contribution in [0, 0.1) is 0 Å². The van der Waals surface area contributed by atoms with Crippen LogP contribution in [0.2, 0.25) is 0 Å². The summed E-state index contributed by atoms with van der Waals surface area (Å²) < 4.78 is 0. The molecule has 0 saturated carbocycles. The van der Waals surface area contributed by atoms with Crippen LogP contribution in [-0.2, 0) is 4.79 Å². The average molecular weight is 247 g/mol. The van der Waals surface area contributed by atoms with Gasteiger partial charge in [0.25, 0.3) is 5.91 Å². The van der Waals surface area contributed by atoms with Gasteiger partial charge in [-0.25, -0.2) is 9.69 Å². The zero-order chi connectivity index (χ0) is 13.3. The van der Waals surface area contributed by atoms with E-state index in [4.69, 9.17) is 5.73 Å². The molecular formula is C13H17N3O2. The molecule has 0 aromatic heterocycles. The Morgan fingerprint density at radius 2 is 2.11 bits per heavy atom. The lowest BCUT2D eigenvalue weighted by Crippen LogP contribution is -2.37. The molecule has 2 rings (SSSR count). The van der Waals surface area contributed by atoms with E-state index >= 15 is 0 Å². The third-order valence-corrected chi connectivity index (χ3v) is 3.24. The highest BCUT2D eigenvalue weighted by molar-refractivity contribution is 6.20. The topological polar surface area (TPSA) is 66.6 Å². The second-order valence-corrected chi connectivity index (χ2v) is 4.49. The van der Waals surface area contributed by atoms with Crippen molar-refractivity contribution in [2.24, 2.45) is 0 Å². The van der Waals surface area contributed by atoms with Crippen molar-refractivity contribution in [1.82, 2.24) is 4.90 Å². The van der Waals surface area contributed by atoms with E-state index in [1.165, 1.54) is 4.90 Å². The van der Waals surface area contributed by atoms with Crippen molar-refractivity contribution in [3.8, 4) is 0 Å². The van der Waals surface area contributed by atoms with Crippen LogP contribution in [0.25, 0.3) is 0 Å². The monoisotopic (exact) mass is 247 g/mol. The summed E-state index contributed by atoms with van der Waals surface area (Å²) in [5, 5.41) is 0. The highest BCUT2D eigenvalue weighted by Crippen LogP contribution is 2.24. The van der Waals surface area contributed by atoms with Gasteiger partial charge in [0.15, 0.2) is 0 Å². The Balaban J connectivity index is 2.30. The summed E-state index contributed by atoms with van der Waals surface area (Å²) in [6, 6.07) is 6.60. The lowest BCUT2D eigenvalue weighted by molar-refractivity contribution is -0.116. The maximum atomic E-state index is 12.2. The number of nitrogen functional groups attached to an aromatic ring is 1. The molecule has 3 amide bonds. The Morgan fingerprint density at radius 3 is 2.72 bits per heavy atom. The average Bonchev–Trinajstić information content (AvgIpc) is 2.64. The zero-order valence-electron chi connectivity index (χ0n) is 10.6. The summed E-state index contributed by atoms with van der Waals surface area (Å²) in [6.07, 6.45) is 0.823. The van der Waals surface area contributed by atoms with E-state index in [9.17, 15) is 9.59 Å². The third-order valence-electron chi connectivity index (χ3n) is 3.24. The quantitative estimate of drug-likeness (QED) is 0.654. The van der Waals surface area contributed by atoms with Gasteiger partial charge in [-0.2, -0.15) is 0 Å². The second kappa shape index (κ2) is 4.68. The number of carbonyl (C=O) groups is 2. The Hall–Kier alpha value is -2.04. The minimum absolute atomic E-state index is 0.0625. The van der Waals surface area contributed by atoms with Gasteiger partial charge in [-0.05, 0) is 31.5 Å². The number of amides is 3. The van der Waals surface area contributed by atoms with Crippen molar-refractivity contribution in [3.63, 3.8) is 0 Å². The number of hydrogen-bond acceptors (Lipinski definition) is 3. The van der Waals surface area contributed by atoms with Crippen molar-refractivity contribution in [2.45, 2.75) is 26.3 Å². The van der Waals surface area contributed by atoms with Crippen molar-refractivity contribution in [1.29, 1.82) is 0 Å². The number of rotatable bonds is 3. The molecule has 1 aliphatic rings. The second-order valence-electron chi connectivity index (χ2n) is 4.49. The molecular weight excluding hydrogens is 230 g/mol. The van der Waals surface area contributed by atoms with Crippen LogP contribution in [0.5, 0.6) is 0 Å². The van der Waals surface area contributed by atoms with Crippen LogP contribution in [0.15, 0.2) is 24.3 Å². The van der Waals surface area contributed by atoms with Gasteiger partial charge in [0.1, 0.15) is 6.54 Å². The number of carbonyl (C=O) groups excluding carboxylic acids is 2. The highest BCUT2D eigenvalue weighted by atomic mass is 16.2. The van der Waals surface area contributed by atoms with Gasteiger partial charge in [0, 0.05) is 11.7 Å². The molecule has 1 saturated heterocycles. The van der Waals surface area contributed by atoms with E-state index < -0.39 is 0 Å². The van der Waals surface area contributed by atoms with E-state index in [2.05, 4.69) is 0 Å². The lowest BCUT2D eigenvalue weighted by Gasteiger charge is -2.22. The molecule has 1 fully saturated rings. The highest BCUT2D eigenvalue weighted by Gasteiger charge is 2.38. The van der Waals surface area contributed by atoms with E-state index in [-0.39, 0.29) is 24.5 Å². The summed E-state index contributed by atoms with van der Waals surface area (Å²) in [5.41, 5.74) is 6.75. The molecule has 0 radical (unpaired) electrons. The smallest absolute Gasteiger partial charge is 0.332 e. The van der Waals surface area contributed by atoms with Gasteiger partial charge in [-0.1, -0.05) is 13.0 Å². The normalized spacial score (nSPS) is 17.4. The SMILES string of the molecule is CCC(C)N1CC(=O)N(c2cccc(N)c2)C1=O. The Kier molecular flexibility index (Phi) is 3.23. The number of hydrogen-bond donors (Lipinski definition) is 1. The summed E-state index contributed by atoms with van der Waals surface area (Å²) >= 11 is 0. The molecule has 1 aliphatic heterocycles. The van der Waals surface area contributed by atoms with Crippen molar-refractivity contribution >= 4 is 23.3 Å². The summed E-state index contributed by atoms with van der Waals surface area (Å²) in [7, 11) is 0. The van der Waals surface area contributed by atoms with E-state index in [1.807, 2.05) is 13.8 Å². The molecule has 5 nitrogen and oxygen atoms in total. The van der Waals surface area contributed by atoms with E-state index in [1.54, 1.807) is 29.2 Å². The molecule has 0 bridgehead atoms. The summed E-state index contributed by atoms with van der Waals surface area (Å²) in [4.78, 5) is 27.0. The molecule has 1 aromatic carbocycles. The first-order valence-corrected chi connectivity index (χ1v) is 6.03. The molecule has 96 valence electrons. The largest absolute Gasteiger partial charge is 0.399 e. The fourth-order valence-corrected chi connectivity index (χ4v) is 2.00. The fourth-order valence-electron chi connectivity index (χ4n) is 2.00. The van der Waals surface area contributed by atoms with Crippen LogP contribution in [0.4, 0.5) is 16.2 Å². The summed E-state index contributed by atoms with van der Waals surface area (Å²) in [5.74, 6) is -0.203. The molecule has 18 heavy (non-hydrogen) atoms. The van der Waals surface area contributed by atoms with Crippen LogP contribution >= 0.6 is 0 Å². The van der Waals surface area contributed by atoms with Crippen molar-refractivity contribution in [2.75, 3.05) is 17.2 Å². The van der Waals surface area contributed by atoms with Gasteiger partial charge >= 0.3 is 6.03 Å². The van der Waals surface area contributed by atoms with Gasteiger partial charge < -0.3 is 10.6 Å². The maximum absolute atomic E-state index is 12.2. The molecule has 5 heteroatoms. The molecule has 0 spiro atoms. The van der Waals surface area contributed by atoms with Gasteiger partial charge in [-0.3, -0.25) is 4.79 Å². The molecule has 0 aliphatic carbocycles.